The molecular formula is C39H39N3O3P2. The Morgan fingerprint density at radius 1 is 0.681 bits per heavy atom. The fourth-order valence-corrected chi connectivity index (χ4v) is 13.4. The lowest BCUT2D eigenvalue weighted by molar-refractivity contribution is -0.134. The zero-order valence-electron chi connectivity index (χ0n) is 26.6. The van der Waals surface area contributed by atoms with Crippen LogP contribution in [0.15, 0.2) is 157 Å². The smallest absolute Gasteiger partial charge is 0.340 e. The van der Waals surface area contributed by atoms with E-state index in [2.05, 4.69) is 88.6 Å². The molecule has 5 aromatic carbocycles. The molecule has 0 aliphatic rings. The first-order valence-corrected chi connectivity index (χ1v) is 19.1. The predicted molar refractivity (Wildman–Crippen MR) is 201 cm³/mol. The van der Waals surface area contributed by atoms with Crippen molar-refractivity contribution in [2.24, 2.45) is 5.10 Å². The fraction of sp³-hybridized carbons (Fsp3) is 0.128. The highest BCUT2D eigenvalue weighted by molar-refractivity contribution is 7.92. The molecule has 0 radical (unpaired) electrons. The molecule has 8 heteroatoms. The lowest BCUT2D eigenvalue weighted by Crippen LogP contribution is -2.36. The monoisotopic (exact) mass is 659 g/mol. The number of hydrogen-bond acceptors (Lipinski definition) is 4. The number of carbonyl (C=O) groups is 2. The molecular weight excluding hydrogens is 620 g/mol. The minimum Gasteiger partial charge on any atom is -0.462 e. The summed E-state index contributed by atoms with van der Waals surface area (Å²) in [6.07, 6.45) is 1.51. The first kappa shape index (κ1) is 33.6. The Bertz CT molecular complexity index is 1750. The van der Waals surface area contributed by atoms with Gasteiger partial charge < -0.3 is 10.1 Å². The van der Waals surface area contributed by atoms with Gasteiger partial charge in [0.05, 0.1) is 17.6 Å². The van der Waals surface area contributed by atoms with Gasteiger partial charge in [-0.2, -0.15) is 5.10 Å². The summed E-state index contributed by atoms with van der Waals surface area (Å²) in [5.74, 6) is -0.427. The van der Waals surface area contributed by atoms with Crippen molar-refractivity contribution in [3.63, 3.8) is 0 Å². The van der Waals surface area contributed by atoms with Crippen LogP contribution in [-0.4, -0.2) is 41.9 Å². The van der Waals surface area contributed by atoms with E-state index in [1.807, 2.05) is 73.7 Å². The van der Waals surface area contributed by atoms with Gasteiger partial charge in [-0.15, -0.1) is 0 Å². The molecule has 0 aliphatic carbocycles. The summed E-state index contributed by atoms with van der Waals surface area (Å²) in [5, 5.41) is 12.5. The minimum atomic E-state index is -2.72. The summed E-state index contributed by atoms with van der Waals surface area (Å²) in [5.41, 5.74) is 3.68. The number of nitrogens with one attached hydrogen (secondary N) is 2. The van der Waals surface area contributed by atoms with E-state index in [-0.39, 0.29) is 6.61 Å². The van der Waals surface area contributed by atoms with Gasteiger partial charge in [0.25, 0.3) is 0 Å². The van der Waals surface area contributed by atoms with Crippen LogP contribution in [0.1, 0.15) is 13.8 Å². The number of nitrogens with zero attached hydrogens (tertiary/aromatic N) is 1. The van der Waals surface area contributed by atoms with E-state index < -0.39 is 26.8 Å². The topological polar surface area (TPSA) is 79.8 Å². The zero-order chi connectivity index (χ0) is 32.9. The first-order chi connectivity index (χ1) is 23.0. The van der Waals surface area contributed by atoms with Crippen LogP contribution < -0.4 is 32.0 Å². The normalized spacial score (nSPS) is 11.5. The maximum atomic E-state index is 14.3. The van der Waals surface area contributed by atoms with Gasteiger partial charge in [0.15, 0.2) is 0 Å². The number of esters is 1. The number of urea groups is 1. The second-order valence-electron chi connectivity index (χ2n) is 10.7. The Kier molecular flexibility index (Phi) is 11.9. The number of para-hydroxylation sites is 1. The number of hydrogen-bond donors (Lipinski definition) is 2. The van der Waals surface area contributed by atoms with Crippen molar-refractivity contribution < 1.29 is 14.3 Å². The number of amides is 2. The van der Waals surface area contributed by atoms with Crippen molar-refractivity contribution in [3.05, 3.63) is 152 Å². The van der Waals surface area contributed by atoms with Crippen molar-refractivity contribution in [1.82, 2.24) is 5.43 Å². The fourth-order valence-electron chi connectivity index (χ4n) is 5.66. The van der Waals surface area contributed by atoms with Crippen LogP contribution in [0.4, 0.5) is 10.5 Å². The summed E-state index contributed by atoms with van der Waals surface area (Å²) in [6, 6.07) is 50.4. The molecule has 0 saturated carbocycles. The minimum absolute atomic E-state index is 0.210. The molecule has 0 aromatic heterocycles. The van der Waals surface area contributed by atoms with Crippen molar-refractivity contribution in [1.29, 1.82) is 0 Å². The Morgan fingerprint density at radius 3 is 1.60 bits per heavy atom. The largest absolute Gasteiger partial charge is 0.462 e. The number of benzene rings is 5. The lowest BCUT2D eigenvalue weighted by Gasteiger charge is -2.33. The molecule has 0 heterocycles. The van der Waals surface area contributed by atoms with Gasteiger partial charge in [0, 0.05) is 5.69 Å². The van der Waals surface area contributed by atoms with Crippen LogP contribution in [0.3, 0.4) is 0 Å². The second-order valence-corrected chi connectivity index (χ2v) is 16.6. The Labute approximate surface area is 278 Å². The van der Waals surface area contributed by atoms with E-state index in [1.165, 1.54) is 10.6 Å². The van der Waals surface area contributed by atoms with E-state index in [9.17, 15) is 9.59 Å². The van der Waals surface area contributed by atoms with Crippen LogP contribution in [0, 0.1) is 0 Å². The zero-order valence-corrected chi connectivity index (χ0v) is 28.4. The summed E-state index contributed by atoms with van der Waals surface area (Å²) < 4.78 is 5.80. The average molecular weight is 660 g/mol. The third-order valence-corrected chi connectivity index (χ3v) is 15.1. The number of ether oxygens (including phenoxy) is 1. The van der Waals surface area contributed by atoms with Gasteiger partial charge in [0.2, 0.25) is 0 Å². The summed E-state index contributed by atoms with van der Waals surface area (Å²) >= 11 is 0. The average Bonchev–Trinajstić information content (AvgIpc) is 3.12. The lowest BCUT2D eigenvalue weighted by atomic mass is 10.3. The predicted octanol–water partition coefficient (Wildman–Crippen LogP) is 6.72. The quantitative estimate of drug-likeness (QED) is 0.0676. The SMILES string of the molecule is CCOC(=O)C(/C(C)=N/NC(=O)Nc1ccccc1)=P(CCP(c1ccccc1)c1ccccc1)(c1ccccc1)c1ccccc1. The van der Waals surface area contributed by atoms with Gasteiger partial charge in [-0.1, -0.05) is 140 Å². The van der Waals surface area contributed by atoms with Crippen molar-refractivity contribution >= 4 is 64.7 Å². The van der Waals surface area contributed by atoms with Gasteiger partial charge in [0.1, 0.15) is 0 Å². The molecule has 2 amide bonds. The van der Waals surface area contributed by atoms with Crippen molar-refractivity contribution in [2.45, 2.75) is 13.8 Å². The van der Waals surface area contributed by atoms with Crippen LogP contribution >= 0.6 is 14.8 Å². The van der Waals surface area contributed by atoms with Crippen LogP contribution in [-0.2, 0) is 9.53 Å². The molecule has 0 atom stereocenters. The Morgan fingerprint density at radius 2 is 1.13 bits per heavy atom. The van der Waals surface area contributed by atoms with E-state index in [0.717, 1.165) is 16.8 Å². The molecule has 6 nitrogen and oxygen atoms in total. The summed E-state index contributed by atoms with van der Waals surface area (Å²) in [7, 11) is -0.771. The maximum absolute atomic E-state index is 14.3. The highest BCUT2D eigenvalue weighted by Crippen LogP contribution is 2.50. The molecule has 0 bridgehead atoms. The number of rotatable bonds is 12. The molecule has 5 aromatic rings. The van der Waals surface area contributed by atoms with E-state index in [4.69, 9.17) is 4.74 Å². The number of carbonyl (C=O) groups excluding carboxylic acids is 2. The van der Waals surface area contributed by atoms with Crippen molar-refractivity contribution in [2.75, 3.05) is 24.2 Å². The molecule has 0 spiro atoms. The maximum Gasteiger partial charge on any atom is 0.340 e. The van der Waals surface area contributed by atoms with Crippen LogP contribution in [0.5, 0.6) is 0 Å². The summed E-state index contributed by atoms with van der Waals surface area (Å²) in [4.78, 5) is 27.2. The third-order valence-electron chi connectivity index (χ3n) is 7.74. The van der Waals surface area contributed by atoms with Crippen LogP contribution in [0.25, 0.3) is 0 Å². The highest BCUT2D eigenvalue weighted by Gasteiger charge is 2.35. The Hall–Kier alpha value is -4.76. The molecule has 0 saturated heterocycles. The summed E-state index contributed by atoms with van der Waals surface area (Å²) in [6.45, 7) is 1.08. The van der Waals surface area contributed by atoms with Crippen molar-refractivity contribution in [3.8, 4) is 0 Å². The van der Waals surface area contributed by atoms with Gasteiger partial charge in [-0.3, -0.25) is 0 Å². The van der Waals surface area contributed by atoms with Gasteiger partial charge in [-0.25, -0.2) is 15.0 Å². The number of hydrazone groups is 1. The number of anilines is 1. The molecule has 0 aliphatic heterocycles. The molecule has 0 fully saturated rings. The van der Waals surface area contributed by atoms with E-state index in [0.29, 0.717) is 22.9 Å². The Balaban J connectivity index is 1.71. The van der Waals surface area contributed by atoms with E-state index >= 15 is 0 Å². The third kappa shape index (κ3) is 8.34. The van der Waals surface area contributed by atoms with Gasteiger partial charge in [-0.05, 0) is 74.3 Å². The molecule has 238 valence electrons. The molecule has 5 rings (SSSR count). The highest BCUT2D eigenvalue weighted by atomic mass is 31.2. The standard InChI is InChI=1S/C39H39N3O3P2/c1-3-45-38(43)37(31(2)41-42-39(44)40-32-19-9-4-10-20-32)47(35-25-15-7-16-26-35,36-27-17-8-18-28-36)30-29-46(33-21-11-5-12-22-33)34-23-13-6-14-24-34/h4-28H,3,29-30H2,1-2H3,(H2,40,42,44)/b41-31+. The molecule has 47 heavy (non-hydrogen) atoms. The van der Waals surface area contributed by atoms with Crippen LogP contribution in [0.2, 0.25) is 0 Å². The van der Waals surface area contributed by atoms with E-state index in [1.54, 1.807) is 19.1 Å². The molecule has 2 N–H and O–H groups in total. The van der Waals surface area contributed by atoms with Gasteiger partial charge >= 0.3 is 12.0 Å². The first-order valence-electron chi connectivity index (χ1n) is 15.6. The molecule has 0 unspecified atom stereocenters. The second kappa shape index (κ2) is 16.7.